The van der Waals surface area contributed by atoms with Crippen molar-refractivity contribution in [2.24, 2.45) is 0 Å². The molecule has 2 rings (SSSR count). The van der Waals surface area contributed by atoms with E-state index in [9.17, 15) is 9.59 Å². The molecular formula is C16H22BNO4. The Balaban J connectivity index is 1.97. The fourth-order valence-electron chi connectivity index (χ4n) is 2.36. The number of hydrogen-bond acceptors (Lipinski definition) is 4. The van der Waals surface area contributed by atoms with Gasteiger partial charge in [0.15, 0.2) is 6.29 Å². The Morgan fingerprint density at radius 2 is 2.14 bits per heavy atom. The Hall–Kier alpha value is -1.98. The molecule has 0 saturated carbocycles. The summed E-state index contributed by atoms with van der Waals surface area (Å²) in [4.78, 5) is 24.8. The minimum Gasteiger partial charge on any atom is -0.488 e. The first-order valence-electron chi connectivity index (χ1n) is 7.49. The predicted molar refractivity (Wildman–Crippen MR) is 86.8 cm³/mol. The monoisotopic (exact) mass is 303 g/mol. The number of nitrogens with zero attached hydrogens (tertiary/aromatic N) is 1. The summed E-state index contributed by atoms with van der Waals surface area (Å²) in [5.74, 6) is 0.566. The topological polar surface area (TPSA) is 55.8 Å². The molecule has 1 aromatic carbocycles. The zero-order valence-corrected chi connectivity index (χ0v) is 13.6. The zero-order valence-electron chi connectivity index (χ0n) is 13.6. The number of likely N-dealkylation sites (tertiary alicyclic amines) is 1. The molecule has 6 heteroatoms. The van der Waals surface area contributed by atoms with Crippen LogP contribution < -0.4 is 10.2 Å². The summed E-state index contributed by atoms with van der Waals surface area (Å²) in [6, 6.07) is 5.50. The van der Waals surface area contributed by atoms with Gasteiger partial charge in [0.1, 0.15) is 25.3 Å². The van der Waals surface area contributed by atoms with Gasteiger partial charge in [-0.2, -0.15) is 0 Å². The summed E-state index contributed by atoms with van der Waals surface area (Å²) in [6.45, 7) is 6.61. The number of carbonyl (C=O) groups excluding carboxylic acids is 2. The van der Waals surface area contributed by atoms with E-state index in [1.54, 1.807) is 17.0 Å². The molecule has 1 aromatic rings. The molecule has 22 heavy (non-hydrogen) atoms. The van der Waals surface area contributed by atoms with Gasteiger partial charge in [-0.15, -0.1) is 0 Å². The highest BCUT2D eigenvalue weighted by atomic mass is 16.6. The van der Waals surface area contributed by atoms with Gasteiger partial charge >= 0.3 is 6.09 Å². The van der Waals surface area contributed by atoms with Crippen molar-refractivity contribution in [2.75, 3.05) is 13.1 Å². The van der Waals surface area contributed by atoms with E-state index in [-0.39, 0.29) is 12.2 Å². The minimum absolute atomic E-state index is 0.117. The third kappa shape index (κ3) is 4.26. The molecule has 118 valence electrons. The molecule has 0 radical (unpaired) electrons. The van der Waals surface area contributed by atoms with Gasteiger partial charge in [0.05, 0.1) is 12.1 Å². The maximum Gasteiger partial charge on any atom is 0.410 e. The van der Waals surface area contributed by atoms with E-state index in [1.165, 1.54) is 0 Å². The second kappa shape index (κ2) is 6.42. The summed E-state index contributed by atoms with van der Waals surface area (Å²) in [6.07, 6.45) is 1.08. The van der Waals surface area contributed by atoms with E-state index in [0.29, 0.717) is 24.4 Å². The van der Waals surface area contributed by atoms with Crippen LogP contribution in [0.3, 0.4) is 0 Å². The molecule has 0 spiro atoms. The molecule has 1 fully saturated rings. The molecule has 0 N–H and O–H groups in total. The first kappa shape index (κ1) is 16.4. The summed E-state index contributed by atoms with van der Waals surface area (Å²) in [5.41, 5.74) is 1.05. The van der Waals surface area contributed by atoms with Crippen molar-refractivity contribution in [1.82, 2.24) is 4.90 Å². The zero-order chi connectivity index (χ0) is 16.3. The molecule has 1 aliphatic heterocycles. The summed E-state index contributed by atoms with van der Waals surface area (Å²) >= 11 is 0. The third-order valence-electron chi connectivity index (χ3n) is 3.38. The summed E-state index contributed by atoms with van der Waals surface area (Å²) < 4.78 is 11.2. The quantitative estimate of drug-likeness (QED) is 0.621. The lowest BCUT2D eigenvalue weighted by molar-refractivity contribution is 0.0275. The lowest BCUT2D eigenvalue weighted by Gasteiger charge is -2.24. The fraction of sp³-hybridized carbons (Fsp3) is 0.500. The lowest BCUT2D eigenvalue weighted by Crippen LogP contribution is -2.36. The molecular weight excluding hydrogens is 281 g/mol. The Kier molecular flexibility index (Phi) is 4.79. The van der Waals surface area contributed by atoms with Crippen LogP contribution in [0.25, 0.3) is 0 Å². The molecule has 1 unspecified atom stereocenters. The molecule has 1 heterocycles. The van der Waals surface area contributed by atoms with Gasteiger partial charge in [0.2, 0.25) is 0 Å². The van der Waals surface area contributed by atoms with Crippen LogP contribution in [0.2, 0.25) is 0 Å². The largest absolute Gasteiger partial charge is 0.488 e. The number of amides is 1. The van der Waals surface area contributed by atoms with Crippen molar-refractivity contribution in [1.29, 1.82) is 0 Å². The van der Waals surface area contributed by atoms with Crippen molar-refractivity contribution >= 4 is 25.7 Å². The molecule has 5 nitrogen and oxygen atoms in total. The van der Waals surface area contributed by atoms with Gasteiger partial charge in [-0.3, -0.25) is 4.79 Å². The van der Waals surface area contributed by atoms with E-state index in [4.69, 9.17) is 9.47 Å². The second-order valence-electron chi connectivity index (χ2n) is 6.61. The van der Waals surface area contributed by atoms with Gasteiger partial charge in [-0.05, 0) is 26.8 Å². The first-order chi connectivity index (χ1) is 10.3. The van der Waals surface area contributed by atoms with Gasteiger partial charge in [0.25, 0.3) is 0 Å². The normalized spacial score (nSPS) is 18.1. The van der Waals surface area contributed by atoms with Gasteiger partial charge in [0, 0.05) is 13.0 Å². The van der Waals surface area contributed by atoms with Crippen LogP contribution in [-0.2, 0) is 4.74 Å². The number of ether oxygens (including phenoxy) is 2. The molecule has 0 bridgehead atoms. The SMILES string of the molecule is Bc1ccc(OC2CCN(C(=O)OC(C)(C)C)C2)c(C=O)c1. The average molecular weight is 303 g/mol. The lowest BCUT2D eigenvalue weighted by atomic mass is 9.94. The van der Waals surface area contributed by atoms with Crippen molar-refractivity contribution < 1.29 is 19.1 Å². The molecule has 1 atom stereocenters. The van der Waals surface area contributed by atoms with E-state index >= 15 is 0 Å². The van der Waals surface area contributed by atoms with Gasteiger partial charge in [-0.25, -0.2) is 4.79 Å². The van der Waals surface area contributed by atoms with Crippen LogP contribution in [0.15, 0.2) is 18.2 Å². The van der Waals surface area contributed by atoms with Gasteiger partial charge < -0.3 is 14.4 Å². The van der Waals surface area contributed by atoms with E-state index in [1.807, 2.05) is 34.7 Å². The fourth-order valence-corrected chi connectivity index (χ4v) is 2.36. The first-order valence-corrected chi connectivity index (χ1v) is 7.49. The van der Waals surface area contributed by atoms with E-state index < -0.39 is 5.60 Å². The van der Waals surface area contributed by atoms with Crippen molar-refractivity contribution in [3.05, 3.63) is 23.8 Å². The van der Waals surface area contributed by atoms with Crippen LogP contribution in [-0.4, -0.2) is 49.9 Å². The number of rotatable bonds is 3. The van der Waals surface area contributed by atoms with E-state index in [2.05, 4.69) is 0 Å². The molecule has 1 aliphatic rings. The second-order valence-corrected chi connectivity index (χ2v) is 6.61. The molecule has 0 aliphatic carbocycles. The van der Waals surface area contributed by atoms with Crippen LogP contribution in [0.1, 0.15) is 37.6 Å². The third-order valence-corrected chi connectivity index (χ3v) is 3.38. The number of carbonyl (C=O) groups is 2. The Morgan fingerprint density at radius 3 is 2.77 bits per heavy atom. The van der Waals surface area contributed by atoms with Crippen LogP contribution in [0.4, 0.5) is 4.79 Å². The summed E-state index contributed by atoms with van der Waals surface area (Å²) in [7, 11) is 1.93. The number of aldehydes is 1. The van der Waals surface area contributed by atoms with Crippen LogP contribution >= 0.6 is 0 Å². The molecule has 0 aromatic heterocycles. The maximum atomic E-state index is 12.0. The van der Waals surface area contributed by atoms with Crippen LogP contribution in [0.5, 0.6) is 5.75 Å². The molecule has 1 saturated heterocycles. The standard InChI is InChI=1S/C16H22BNO4/c1-16(2,3)22-15(20)18-7-6-13(9-18)21-14-5-4-12(17)8-11(14)10-19/h4-5,8,10,13H,6-7,9,17H2,1-3H3. The number of benzene rings is 1. The predicted octanol–water partition coefficient (Wildman–Crippen LogP) is 1.15. The van der Waals surface area contributed by atoms with Crippen molar-refractivity contribution in [3.8, 4) is 5.75 Å². The summed E-state index contributed by atoms with van der Waals surface area (Å²) in [5, 5.41) is 0. The van der Waals surface area contributed by atoms with Crippen molar-refractivity contribution in [3.63, 3.8) is 0 Å². The Morgan fingerprint density at radius 1 is 1.41 bits per heavy atom. The average Bonchev–Trinajstić information content (AvgIpc) is 2.87. The highest BCUT2D eigenvalue weighted by molar-refractivity contribution is 6.32. The van der Waals surface area contributed by atoms with Crippen molar-refractivity contribution in [2.45, 2.75) is 38.9 Å². The molecule has 1 amide bonds. The van der Waals surface area contributed by atoms with Gasteiger partial charge in [-0.1, -0.05) is 17.6 Å². The van der Waals surface area contributed by atoms with E-state index in [0.717, 1.165) is 18.2 Å². The Labute approximate surface area is 132 Å². The number of hydrogen-bond donors (Lipinski definition) is 0. The van der Waals surface area contributed by atoms with Crippen LogP contribution in [0, 0.1) is 0 Å². The highest BCUT2D eigenvalue weighted by Gasteiger charge is 2.31. The maximum absolute atomic E-state index is 12.0. The highest BCUT2D eigenvalue weighted by Crippen LogP contribution is 2.22. The Bertz CT molecular complexity index is 568. The minimum atomic E-state index is -0.502. The smallest absolute Gasteiger partial charge is 0.410 e.